The minimum atomic E-state index is -0.259. The number of amides is 1. The molecular weight excluding hydrogens is 384 g/mol. The zero-order valence-electron chi connectivity index (χ0n) is 17.2. The average Bonchev–Trinajstić information content (AvgIpc) is 3.21. The molecule has 3 aliphatic rings. The van der Waals surface area contributed by atoms with Crippen LogP contribution in [0.2, 0.25) is 0 Å². The summed E-state index contributed by atoms with van der Waals surface area (Å²) in [6.45, 7) is 4.41. The van der Waals surface area contributed by atoms with E-state index < -0.39 is 0 Å². The van der Waals surface area contributed by atoms with Crippen molar-refractivity contribution >= 4 is 5.91 Å². The van der Waals surface area contributed by atoms with Crippen molar-refractivity contribution in [2.45, 2.75) is 51.0 Å². The molecule has 0 radical (unpaired) electrons. The lowest BCUT2D eigenvalue weighted by molar-refractivity contribution is -0.151. The van der Waals surface area contributed by atoms with Crippen molar-refractivity contribution in [3.8, 4) is 5.75 Å². The van der Waals surface area contributed by atoms with E-state index in [9.17, 15) is 4.79 Å². The number of ether oxygens (including phenoxy) is 3. The van der Waals surface area contributed by atoms with Gasteiger partial charge in [-0.3, -0.25) is 4.79 Å². The third-order valence-corrected chi connectivity index (χ3v) is 6.55. The van der Waals surface area contributed by atoms with E-state index in [4.69, 9.17) is 14.2 Å². The number of carbonyl (C=O) groups is 1. The first-order valence-electron chi connectivity index (χ1n) is 10.8. The smallest absolute Gasteiger partial charge is 0.225 e. The van der Waals surface area contributed by atoms with Crippen LogP contribution in [0, 0.1) is 5.92 Å². The Morgan fingerprint density at radius 2 is 1.93 bits per heavy atom. The molecule has 0 aliphatic carbocycles. The van der Waals surface area contributed by atoms with E-state index in [-0.39, 0.29) is 17.4 Å². The largest absolute Gasteiger partial charge is 0.487 e. The van der Waals surface area contributed by atoms with Gasteiger partial charge in [-0.25, -0.2) is 4.68 Å². The summed E-state index contributed by atoms with van der Waals surface area (Å²) in [6, 6.07) is 9.71. The number of benzene rings is 1. The van der Waals surface area contributed by atoms with Gasteiger partial charge in [-0.1, -0.05) is 23.4 Å². The average molecular weight is 412 g/mol. The molecule has 1 amide bonds. The van der Waals surface area contributed by atoms with E-state index in [0.29, 0.717) is 33.0 Å². The Morgan fingerprint density at radius 3 is 2.70 bits per heavy atom. The lowest BCUT2D eigenvalue weighted by Gasteiger charge is -2.44. The summed E-state index contributed by atoms with van der Waals surface area (Å²) >= 11 is 0. The molecule has 2 saturated heterocycles. The van der Waals surface area contributed by atoms with Gasteiger partial charge in [0.1, 0.15) is 18.1 Å². The summed E-state index contributed by atoms with van der Waals surface area (Å²) in [7, 11) is 0. The first-order chi connectivity index (χ1) is 14.7. The molecule has 0 bridgehead atoms. The molecule has 8 heteroatoms. The predicted octanol–water partition coefficient (Wildman–Crippen LogP) is 2.18. The second-order valence-corrected chi connectivity index (χ2v) is 8.43. The fraction of sp³-hybridized carbons (Fsp3) is 0.591. The molecule has 160 valence electrons. The molecule has 1 spiro atoms. The maximum atomic E-state index is 12.8. The molecule has 4 heterocycles. The molecule has 0 saturated carbocycles. The minimum Gasteiger partial charge on any atom is -0.487 e. The molecule has 8 nitrogen and oxygen atoms in total. The van der Waals surface area contributed by atoms with Crippen LogP contribution < -0.4 is 4.74 Å². The van der Waals surface area contributed by atoms with Crippen molar-refractivity contribution in [1.29, 1.82) is 0 Å². The molecule has 1 aromatic heterocycles. The molecular formula is C22H28N4O4. The van der Waals surface area contributed by atoms with Crippen LogP contribution in [-0.2, 0) is 34.0 Å². The third-order valence-electron chi connectivity index (χ3n) is 6.55. The number of nitrogens with zero attached hydrogens (tertiary/aromatic N) is 4. The van der Waals surface area contributed by atoms with Gasteiger partial charge in [0.25, 0.3) is 0 Å². The Balaban J connectivity index is 1.18. The quantitative estimate of drug-likeness (QED) is 0.766. The van der Waals surface area contributed by atoms with Crippen molar-refractivity contribution in [3.63, 3.8) is 0 Å². The molecule has 5 rings (SSSR count). The second kappa shape index (κ2) is 8.35. The fourth-order valence-corrected chi connectivity index (χ4v) is 4.61. The highest BCUT2D eigenvalue weighted by Gasteiger charge is 2.42. The molecule has 1 aromatic carbocycles. The zero-order valence-corrected chi connectivity index (χ0v) is 17.2. The van der Waals surface area contributed by atoms with E-state index in [0.717, 1.165) is 55.9 Å². The number of fused-ring (bicyclic) bond motifs is 1. The maximum Gasteiger partial charge on any atom is 0.225 e. The molecule has 0 unspecified atom stereocenters. The third kappa shape index (κ3) is 3.94. The highest BCUT2D eigenvalue weighted by atomic mass is 16.5. The summed E-state index contributed by atoms with van der Waals surface area (Å²) in [5, 5.41) is 8.69. The normalized spacial score (nSPS) is 21.4. The second-order valence-electron chi connectivity index (χ2n) is 8.43. The first-order valence-corrected chi connectivity index (χ1v) is 10.8. The van der Waals surface area contributed by atoms with E-state index >= 15 is 0 Å². The lowest BCUT2D eigenvalue weighted by Crippen LogP contribution is -2.53. The summed E-state index contributed by atoms with van der Waals surface area (Å²) < 4.78 is 19.5. The van der Waals surface area contributed by atoms with Gasteiger partial charge in [0, 0.05) is 32.2 Å². The monoisotopic (exact) mass is 412 g/mol. The van der Waals surface area contributed by atoms with Crippen LogP contribution >= 0.6 is 0 Å². The Labute approximate surface area is 176 Å². The van der Waals surface area contributed by atoms with Gasteiger partial charge in [-0.15, -0.1) is 5.10 Å². The standard InChI is InChI=1S/C22H28N4O4/c27-21(17-6-12-28-13-7-17)25-10-8-22(9-11-25)16-26-20(15-30-22)19(23-24-26)14-29-18-4-2-1-3-5-18/h1-5,17H,6-16H2. The molecule has 3 aliphatic heterocycles. The molecule has 2 aromatic rings. The number of aromatic nitrogens is 3. The number of hydrogen-bond donors (Lipinski definition) is 0. The van der Waals surface area contributed by atoms with Crippen molar-refractivity contribution in [3.05, 3.63) is 41.7 Å². The van der Waals surface area contributed by atoms with Crippen LogP contribution in [0.25, 0.3) is 0 Å². The first kappa shape index (κ1) is 19.5. The Kier molecular flexibility index (Phi) is 5.43. The lowest BCUT2D eigenvalue weighted by atomic mass is 9.88. The number of piperidine rings is 1. The Morgan fingerprint density at radius 1 is 1.17 bits per heavy atom. The van der Waals surface area contributed by atoms with Crippen LogP contribution in [0.5, 0.6) is 5.75 Å². The van der Waals surface area contributed by atoms with E-state index in [1.165, 1.54) is 0 Å². The predicted molar refractivity (Wildman–Crippen MR) is 108 cm³/mol. The van der Waals surface area contributed by atoms with Crippen molar-refractivity contribution in [2.24, 2.45) is 5.92 Å². The van der Waals surface area contributed by atoms with Gasteiger partial charge in [0.05, 0.1) is 24.4 Å². The van der Waals surface area contributed by atoms with Gasteiger partial charge in [0.15, 0.2) is 0 Å². The number of rotatable bonds is 4. The number of likely N-dealkylation sites (tertiary alicyclic amines) is 1. The van der Waals surface area contributed by atoms with Gasteiger partial charge in [-0.2, -0.15) is 0 Å². The summed E-state index contributed by atoms with van der Waals surface area (Å²) in [4.78, 5) is 14.8. The molecule has 2 fully saturated rings. The van der Waals surface area contributed by atoms with Crippen LogP contribution in [0.1, 0.15) is 37.1 Å². The summed E-state index contributed by atoms with van der Waals surface area (Å²) in [5.41, 5.74) is 1.54. The maximum absolute atomic E-state index is 12.8. The van der Waals surface area contributed by atoms with Crippen LogP contribution in [0.15, 0.2) is 30.3 Å². The topological polar surface area (TPSA) is 78.7 Å². The van der Waals surface area contributed by atoms with Gasteiger partial charge in [-0.05, 0) is 37.8 Å². The number of carbonyl (C=O) groups excluding carboxylic acids is 1. The fourth-order valence-electron chi connectivity index (χ4n) is 4.61. The zero-order chi connectivity index (χ0) is 20.4. The van der Waals surface area contributed by atoms with E-state index in [1.54, 1.807) is 0 Å². The summed E-state index contributed by atoms with van der Waals surface area (Å²) in [6.07, 6.45) is 3.34. The van der Waals surface area contributed by atoms with Crippen LogP contribution in [0.3, 0.4) is 0 Å². The Hall–Kier alpha value is -2.45. The van der Waals surface area contributed by atoms with E-state index in [2.05, 4.69) is 10.3 Å². The highest BCUT2D eigenvalue weighted by molar-refractivity contribution is 5.79. The molecule has 0 N–H and O–H groups in total. The SMILES string of the molecule is O=C(C1CCOCC1)N1CCC2(CC1)Cn1nnc(COc3ccccc3)c1CO2. The van der Waals surface area contributed by atoms with E-state index in [1.807, 2.05) is 39.9 Å². The number of hydrogen-bond acceptors (Lipinski definition) is 6. The minimum absolute atomic E-state index is 0.120. The van der Waals surface area contributed by atoms with Crippen molar-refractivity contribution in [1.82, 2.24) is 19.9 Å². The number of para-hydroxylation sites is 1. The van der Waals surface area contributed by atoms with Gasteiger partial charge < -0.3 is 19.1 Å². The van der Waals surface area contributed by atoms with Crippen molar-refractivity contribution in [2.75, 3.05) is 26.3 Å². The van der Waals surface area contributed by atoms with Crippen molar-refractivity contribution < 1.29 is 19.0 Å². The van der Waals surface area contributed by atoms with Gasteiger partial charge in [0.2, 0.25) is 5.91 Å². The van der Waals surface area contributed by atoms with Crippen LogP contribution in [0.4, 0.5) is 0 Å². The highest BCUT2D eigenvalue weighted by Crippen LogP contribution is 2.34. The van der Waals surface area contributed by atoms with Gasteiger partial charge >= 0.3 is 0 Å². The molecule has 30 heavy (non-hydrogen) atoms. The molecule has 0 atom stereocenters. The van der Waals surface area contributed by atoms with Crippen LogP contribution in [-0.4, -0.2) is 57.7 Å². The Bertz CT molecular complexity index is 871. The summed E-state index contributed by atoms with van der Waals surface area (Å²) in [5.74, 6) is 1.22.